The Morgan fingerprint density at radius 1 is 0.514 bits per heavy atom. The van der Waals surface area contributed by atoms with Crippen molar-refractivity contribution < 1.29 is 4.79 Å². The summed E-state index contributed by atoms with van der Waals surface area (Å²) in [7, 11) is 0. The van der Waals surface area contributed by atoms with E-state index in [2.05, 4.69) is 219 Å². The van der Waals surface area contributed by atoms with E-state index in [1.54, 1.807) is 0 Å². The second kappa shape index (κ2) is 15.0. The van der Waals surface area contributed by atoms with Gasteiger partial charge in [-0.25, -0.2) is 0 Å². The summed E-state index contributed by atoms with van der Waals surface area (Å²) in [6.07, 6.45) is 16.1. The summed E-state index contributed by atoms with van der Waals surface area (Å²) in [5, 5.41) is 5.09. The summed E-state index contributed by atoms with van der Waals surface area (Å²) in [5.74, 6) is 0.838. The maximum atomic E-state index is 14.6. The molecule has 0 amide bonds. The highest BCUT2D eigenvalue weighted by Gasteiger charge is 2.45. The molecule has 3 heteroatoms. The van der Waals surface area contributed by atoms with Gasteiger partial charge in [-0.3, -0.25) is 4.79 Å². The topological polar surface area (TPSA) is 26.9 Å². The first kappa shape index (κ1) is 41.0. The van der Waals surface area contributed by atoms with Crippen molar-refractivity contribution in [1.82, 2.24) is 9.13 Å². The molecule has 4 aliphatic rings. The highest BCUT2D eigenvalue weighted by atomic mass is 16.1. The molecule has 4 aliphatic carbocycles. The van der Waals surface area contributed by atoms with Crippen LogP contribution in [0.2, 0.25) is 0 Å². The fraction of sp³-hybridized carbons (Fsp3) is 0.149. The molecular weight excluding hydrogens is 849 g/mol. The van der Waals surface area contributed by atoms with E-state index >= 15 is 0 Å². The molecule has 336 valence electrons. The lowest BCUT2D eigenvalue weighted by Gasteiger charge is -2.29. The highest BCUT2D eigenvalue weighted by Crippen LogP contribution is 2.55. The van der Waals surface area contributed by atoms with Gasteiger partial charge in [-0.15, -0.1) is 0 Å². The van der Waals surface area contributed by atoms with Gasteiger partial charge in [-0.2, -0.15) is 0 Å². The van der Waals surface area contributed by atoms with Crippen LogP contribution < -0.4 is 0 Å². The lowest BCUT2D eigenvalue weighted by Crippen LogP contribution is -2.24. The van der Waals surface area contributed by atoms with E-state index in [0.717, 1.165) is 46.5 Å². The number of para-hydroxylation sites is 2. The summed E-state index contributed by atoms with van der Waals surface area (Å²) in [5.41, 5.74) is 21.1. The molecule has 14 rings (SSSR count). The Morgan fingerprint density at radius 2 is 1.06 bits per heavy atom. The summed E-state index contributed by atoms with van der Waals surface area (Å²) in [6.45, 7) is 9.56. The number of carbonyl (C=O) groups excluding carboxylic acids is 1. The highest BCUT2D eigenvalue weighted by molar-refractivity contribution is 6.13. The summed E-state index contributed by atoms with van der Waals surface area (Å²) in [6, 6.07) is 61.3. The molecule has 70 heavy (non-hydrogen) atoms. The van der Waals surface area contributed by atoms with Crippen molar-refractivity contribution >= 4 is 55.0 Å². The molecule has 0 saturated heterocycles. The van der Waals surface area contributed by atoms with Gasteiger partial charge < -0.3 is 9.13 Å². The van der Waals surface area contributed by atoms with Crippen molar-refractivity contribution in [2.45, 2.75) is 57.3 Å². The largest absolute Gasteiger partial charge is 0.309 e. The third kappa shape index (κ3) is 5.91. The molecule has 0 radical (unpaired) electrons. The van der Waals surface area contributed by atoms with Gasteiger partial charge in [-0.1, -0.05) is 161 Å². The molecule has 0 saturated carbocycles. The molecule has 0 N–H and O–H groups in total. The Balaban J connectivity index is 0.805. The van der Waals surface area contributed by atoms with Crippen LogP contribution in [0.3, 0.4) is 0 Å². The molecule has 2 unspecified atom stereocenters. The molecule has 2 heterocycles. The summed E-state index contributed by atoms with van der Waals surface area (Å²) in [4.78, 5) is 14.6. The van der Waals surface area contributed by atoms with Crippen LogP contribution in [0.5, 0.6) is 0 Å². The molecule has 3 nitrogen and oxygen atoms in total. The zero-order valence-corrected chi connectivity index (χ0v) is 40.0. The lowest BCUT2D eigenvalue weighted by molar-refractivity contribution is 0.103. The standard InChI is InChI=1S/C67H52N2O/c1-66(2)57-29-9-5-25-49(57)53-37-55-51-27-7-11-31-61(51)68(63(55)39-59(53)66)47-23-15-19-43(35-47)41-17-13-21-45(33-41)65(70)46-22-14-18-42(34-46)44-20-16-24-48(36-44)69-62-32-12-8-28-52(62)56-38-54-50-26-6-10-30-58(50)67(3,4)60(54)40-64(56)69/h5,7-25,27-40,49,57H,6,26H2,1-4H3. The number of hydrogen-bond donors (Lipinski definition) is 0. The Bertz CT molecular complexity index is 4040. The molecule has 0 bridgehead atoms. The van der Waals surface area contributed by atoms with Gasteiger partial charge >= 0.3 is 0 Å². The van der Waals surface area contributed by atoms with Crippen molar-refractivity contribution in [2.24, 2.45) is 5.92 Å². The Hall–Kier alpha value is -8.01. The molecule has 2 aromatic heterocycles. The SMILES string of the molecule is CC1(C)C2=C(CCC=C2)c2cc3c4ccccc4n(-c4cccc(-c5cccc(C(=O)c6cccc(-c7cccc(-n8c9ccccc9c9cc%10c(cc98)C(C)(C)C8C=CC=CC%108)c7)c6)c5)c4)c3cc21. The van der Waals surface area contributed by atoms with E-state index in [1.807, 2.05) is 24.3 Å². The maximum absolute atomic E-state index is 14.6. The fourth-order valence-electron chi connectivity index (χ4n) is 13.1. The minimum atomic E-state index is -0.0589. The number of allylic oxidation sites excluding steroid dienone is 8. The monoisotopic (exact) mass is 900 g/mol. The first-order valence-corrected chi connectivity index (χ1v) is 25.0. The summed E-state index contributed by atoms with van der Waals surface area (Å²) >= 11 is 0. The minimum absolute atomic E-state index is 0.00477. The number of aromatic nitrogens is 2. The molecule has 0 fully saturated rings. The van der Waals surface area contributed by atoms with E-state index in [-0.39, 0.29) is 16.6 Å². The van der Waals surface area contributed by atoms with Gasteiger partial charge in [0.15, 0.2) is 5.78 Å². The number of carbonyl (C=O) groups is 1. The minimum Gasteiger partial charge on any atom is -0.309 e. The van der Waals surface area contributed by atoms with E-state index in [0.29, 0.717) is 23.0 Å². The second-order valence-corrected chi connectivity index (χ2v) is 21.2. The number of benzene rings is 8. The molecule has 8 aromatic carbocycles. The zero-order valence-electron chi connectivity index (χ0n) is 40.0. The maximum Gasteiger partial charge on any atom is 0.193 e. The van der Waals surface area contributed by atoms with Crippen LogP contribution in [-0.4, -0.2) is 14.9 Å². The number of hydrogen-bond acceptors (Lipinski definition) is 1. The van der Waals surface area contributed by atoms with Gasteiger partial charge in [0.05, 0.1) is 22.1 Å². The van der Waals surface area contributed by atoms with Gasteiger partial charge in [0.2, 0.25) is 0 Å². The second-order valence-electron chi connectivity index (χ2n) is 21.2. The van der Waals surface area contributed by atoms with Gasteiger partial charge in [0.1, 0.15) is 0 Å². The van der Waals surface area contributed by atoms with E-state index in [1.165, 1.54) is 77.0 Å². The van der Waals surface area contributed by atoms with E-state index < -0.39 is 0 Å². The quantitative estimate of drug-likeness (QED) is 0.153. The first-order chi connectivity index (χ1) is 34.1. The van der Waals surface area contributed by atoms with Crippen LogP contribution in [0, 0.1) is 5.92 Å². The predicted octanol–water partition coefficient (Wildman–Crippen LogP) is 17.0. The molecule has 2 atom stereocenters. The van der Waals surface area contributed by atoms with Crippen molar-refractivity contribution in [2.75, 3.05) is 0 Å². The normalized spacial score (nSPS) is 18.2. The third-order valence-corrected chi connectivity index (χ3v) is 16.6. The van der Waals surface area contributed by atoms with Gasteiger partial charge in [0, 0.05) is 55.4 Å². The Kier molecular flexibility index (Phi) is 8.78. The molecule has 0 spiro atoms. The van der Waals surface area contributed by atoms with Crippen LogP contribution in [0.4, 0.5) is 0 Å². The predicted molar refractivity (Wildman–Crippen MR) is 292 cm³/mol. The Labute approximate surface area is 409 Å². The molecule has 10 aromatic rings. The number of nitrogens with zero attached hydrogens (tertiary/aromatic N) is 2. The average molecular weight is 901 g/mol. The van der Waals surface area contributed by atoms with Crippen LogP contribution in [0.15, 0.2) is 212 Å². The fourth-order valence-corrected chi connectivity index (χ4v) is 13.1. The van der Waals surface area contributed by atoms with Crippen LogP contribution in [-0.2, 0) is 10.8 Å². The van der Waals surface area contributed by atoms with E-state index in [4.69, 9.17) is 0 Å². The first-order valence-electron chi connectivity index (χ1n) is 25.0. The van der Waals surface area contributed by atoms with Crippen molar-refractivity contribution in [3.05, 3.63) is 245 Å². The van der Waals surface area contributed by atoms with E-state index in [9.17, 15) is 4.79 Å². The van der Waals surface area contributed by atoms with Gasteiger partial charge in [-0.05, 0) is 153 Å². The Morgan fingerprint density at radius 3 is 1.69 bits per heavy atom. The molecular formula is C67H52N2O. The van der Waals surface area contributed by atoms with Crippen LogP contribution >= 0.6 is 0 Å². The average Bonchev–Trinajstić information content (AvgIpc) is 4.06. The smallest absolute Gasteiger partial charge is 0.193 e. The number of rotatable bonds is 6. The van der Waals surface area contributed by atoms with Crippen molar-refractivity contribution in [3.63, 3.8) is 0 Å². The molecule has 0 aliphatic heterocycles. The van der Waals surface area contributed by atoms with Crippen molar-refractivity contribution in [1.29, 1.82) is 0 Å². The van der Waals surface area contributed by atoms with Crippen LogP contribution in [0.25, 0.3) is 82.8 Å². The summed E-state index contributed by atoms with van der Waals surface area (Å²) < 4.78 is 4.87. The number of ketones is 1. The van der Waals surface area contributed by atoms with Crippen molar-refractivity contribution in [3.8, 4) is 33.6 Å². The lowest BCUT2D eigenvalue weighted by atomic mass is 9.74. The number of fused-ring (bicyclic) bond motifs is 11. The van der Waals surface area contributed by atoms with Crippen LogP contribution in [0.1, 0.15) is 84.6 Å². The third-order valence-electron chi connectivity index (χ3n) is 16.6. The van der Waals surface area contributed by atoms with Gasteiger partial charge in [0.25, 0.3) is 0 Å². The zero-order chi connectivity index (χ0) is 47.0.